The number of aromatic nitrogens is 1. The second-order valence-electron chi connectivity index (χ2n) is 8.25. The maximum atomic E-state index is 12.8. The van der Waals surface area contributed by atoms with Crippen LogP contribution in [0.2, 0.25) is 0 Å². The second-order valence-corrected chi connectivity index (χ2v) is 8.25. The number of urea groups is 1. The van der Waals surface area contributed by atoms with E-state index in [0.29, 0.717) is 6.54 Å². The molecule has 1 N–H and O–H groups in total. The third-order valence-electron chi connectivity index (χ3n) is 6.09. The molecule has 2 saturated heterocycles. The number of pyridine rings is 1. The van der Waals surface area contributed by atoms with Gasteiger partial charge in [0.2, 0.25) is 0 Å². The molecule has 2 aromatic rings. The smallest absolute Gasteiger partial charge is 0.317 e. The van der Waals surface area contributed by atoms with Crippen LogP contribution in [0.5, 0.6) is 0 Å². The lowest BCUT2D eigenvalue weighted by Crippen LogP contribution is -2.41. The maximum absolute atomic E-state index is 12.8. The Labute approximate surface area is 179 Å². The van der Waals surface area contributed by atoms with E-state index in [0.717, 1.165) is 57.1 Å². The lowest BCUT2D eigenvalue weighted by atomic mass is 10.2. The number of rotatable bonds is 4. The summed E-state index contributed by atoms with van der Waals surface area (Å²) in [5.74, 6) is 1.04. The molecule has 0 saturated carbocycles. The Morgan fingerprint density at radius 2 is 1.60 bits per heavy atom. The zero-order valence-corrected chi connectivity index (χ0v) is 17.8. The van der Waals surface area contributed by atoms with E-state index in [1.807, 2.05) is 23.2 Å². The van der Waals surface area contributed by atoms with Crippen molar-refractivity contribution in [2.75, 3.05) is 49.1 Å². The van der Waals surface area contributed by atoms with Crippen molar-refractivity contribution in [3.8, 4) is 0 Å². The van der Waals surface area contributed by atoms with Gasteiger partial charge in [-0.2, -0.15) is 0 Å². The highest BCUT2D eigenvalue weighted by Crippen LogP contribution is 2.19. The molecule has 0 bridgehead atoms. The van der Waals surface area contributed by atoms with Gasteiger partial charge in [0.15, 0.2) is 0 Å². The first-order valence-electron chi connectivity index (χ1n) is 11.3. The van der Waals surface area contributed by atoms with Crippen molar-refractivity contribution < 1.29 is 4.79 Å². The van der Waals surface area contributed by atoms with E-state index in [1.54, 1.807) is 0 Å². The number of nitrogens with one attached hydrogen (secondary N) is 1. The summed E-state index contributed by atoms with van der Waals surface area (Å²) in [4.78, 5) is 24.0. The van der Waals surface area contributed by atoms with Gasteiger partial charge in [0.1, 0.15) is 5.82 Å². The molecular weight excluding hydrogens is 374 g/mol. The first kappa shape index (κ1) is 20.5. The number of hydrogen-bond donors (Lipinski definition) is 1. The molecule has 0 aliphatic carbocycles. The number of nitrogens with zero attached hydrogens (tertiary/aromatic N) is 4. The number of benzene rings is 1. The van der Waals surface area contributed by atoms with Crippen LogP contribution in [0.25, 0.3) is 0 Å². The van der Waals surface area contributed by atoms with Gasteiger partial charge < -0.3 is 20.0 Å². The van der Waals surface area contributed by atoms with E-state index in [2.05, 4.69) is 50.4 Å². The summed E-state index contributed by atoms with van der Waals surface area (Å²) >= 11 is 0. The highest BCUT2D eigenvalue weighted by Gasteiger charge is 2.19. The molecule has 2 amide bonds. The molecule has 0 unspecified atom stereocenters. The average molecular weight is 408 g/mol. The molecule has 2 aliphatic rings. The Kier molecular flexibility index (Phi) is 7.06. The van der Waals surface area contributed by atoms with Crippen LogP contribution < -0.4 is 15.1 Å². The van der Waals surface area contributed by atoms with E-state index in [-0.39, 0.29) is 6.03 Å². The molecule has 1 aromatic carbocycles. The normalized spacial score (nSPS) is 17.9. The summed E-state index contributed by atoms with van der Waals surface area (Å²) in [5, 5.41) is 3.12. The van der Waals surface area contributed by atoms with Crippen molar-refractivity contribution in [2.24, 2.45) is 0 Å². The van der Waals surface area contributed by atoms with E-state index in [4.69, 9.17) is 0 Å². The molecule has 0 spiro atoms. The lowest BCUT2D eigenvalue weighted by Gasteiger charge is -2.24. The van der Waals surface area contributed by atoms with Crippen molar-refractivity contribution in [1.82, 2.24) is 15.2 Å². The first-order valence-corrected chi connectivity index (χ1v) is 11.3. The van der Waals surface area contributed by atoms with Gasteiger partial charge in [-0.15, -0.1) is 0 Å². The molecule has 0 radical (unpaired) electrons. The molecule has 160 valence electrons. The van der Waals surface area contributed by atoms with Crippen molar-refractivity contribution in [3.63, 3.8) is 0 Å². The van der Waals surface area contributed by atoms with Gasteiger partial charge in [0.25, 0.3) is 0 Å². The number of amides is 2. The predicted octanol–water partition coefficient (Wildman–Crippen LogP) is 3.88. The van der Waals surface area contributed by atoms with E-state index in [9.17, 15) is 4.79 Å². The van der Waals surface area contributed by atoms with Crippen LogP contribution in [0.4, 0.5) is 16.3 Å². The van der Waals surface area contributed by atoms with Crippen LogP contribution in [-0.2, 0) is 6.54 Å². The summed E-state index contributed by atoms with van der Waals surface area (Å²) in [7, 11) is 0. The quantitative estimate of drug-likeness (QED) is 0.836. The molecule has 1 aromatic heterocycles. The highest BCUT2D eigenvalue weighted by molar-refractivity contribution is 5.74. The molecular formula is C24H33N5O. The minimum Gasteiger partial charge on any atom is -0.370 e. The van der Waals surface area contributed by atoms with Crippen molar-refractivity contribution in [3.05, 3.63) is 54.2 Å². The van der Waals surface area contributed by atoms with Crippen LogP contribution in [-0.4, -0.2) is 55.2 Å². The Balaban J connectivity index is 1.30. The second kappa shape index (κ2) is 10.3. The monoisotopic (exact) mass is 407 g/mol. The molecule has 4 rings (SSSR count). The van der Waals surface area contributed by atoms with Gasteiger partial charge in [0, 0.05) is 57.7 Å². The number of para-hydroxylation sites is 1. The topological polar surface area (TPSA) is 51.7 Å². The molecule has 30 heavy (non-hydrogen) atoms. The molecule has 6 nitrogen and oxygen atoms in total. The maximum Gasteiger partial charge on any atom is 0.317 e. The first-order chi connectivity index (χ1) is 14.8. The third-order valence-corrected chi connectivity index (χ3v) is 6.09. The van der Waals surface area contributed by atoms with Gasteiger partial charge in [-0.05, 0) is 49.1 Å². The molecule has 2 fully saturated rings. The minimum atomic E-state index is 0.0260. The average Bonchev–Trinajstić information content (AvgIpc) is 3.22. The zero-order chi connectivity index (χ0) is 20.6. The van der Waals surface area contributed by atoms with Gasteiger partial charge in [-0.1, -0.05) is 31.0 Å². The summed E-state index contributed by atoms with van der Waals surface area (Å²) in [6, 6.07) is 14.6. The van der Waals surface area contributed by atoms with E-state index >= 15 is 0 Å². The van der Waals surface area contributed by atoms with Crippen LogP contribution in [0.15, 0.2) is 48.7 Å². The number of hydrogen-bond acceptors (Lipinski definition) is 4. The highest BCUT2D eigenvalue weighted by atomic mass is 16.2. The molecule has 2 aliphatic heterocycles. The van der Waals surface area contributed by atoms with Crippen molar-refractivity contribution in [1.29, 1.82) is 0 Å². The Morgan fingerprint density at radius 1 is 0.833 bits per heavy atom. The standard InChI is InChI=1S/C24H33N5O/c30-24(29-16-8-15-27(17-18-29)22-9-4-3-5-10-22)26-20-21-11-12-25-23(19-21)28-13-6-1-2-7-14-28/h3-5,9-12,19H,1-2,6-8,13-18,20H2,(H,26,30). The van der Waals surface area contributed by atoms with Crippen molar-refractivity contribution >= 4 is 17.5 Å². The predicted molar refractivity (Wildman–Crippen MR) is 122 cm³/mol. The fourth-order valence-corrected chi connectivity index (χ4v) is 4.35. The van der Waals surface area contributed by atoms with Crippen molar-refractivity contribution in [2.45, 2.75) is 38.6 Å². The Bertz CT molecular complexity index is 804. The van der Waals surface area contributed by atoms with Crippen LogP contribution in [0.3, 0.4) is 0 Å². The van der Waals surface area contributed by atoms with Gasteiger partial charge in [0.05, 0.1) is 0 Å². The van der Waals surface area contributed by atoms with Crippen LogP contribution in [0, 0.1) is 0 Å². The zero-order valence-electron chi connectivity index (χ0n) is 17.8. The van der Waals surface area contributed by atoms with Gasteiger partial charge in [-0.25, -0.2) is 9.78 Å². The fourth-order valence-electron chi connectivity index (χ4n) is 4.35. The molecule has 6 heteroatoms. The summed E-state index contributed by atoms with van der Waals surface area (Å²) in [6.45, 7) is 6.09. The van der Waals surface area contributed by atoms with Crippen LogP contribution in [0.1, 0.15) is 37.7 Å². The number of carbonyl (C=O) groups is 1. The van der Waals surface area contributed by atoms with Gasteiger partial charge in [-0.3, -0.25) is 0 Å². The lowest BCUT2D eigenvalue weighted by molar-refractivity contribution is 0.201. The Morgan fingerprint density at radius 3 is 2.40 bits per heavy atom. The fraction of sp³-hybridized carbons (Fsp3) is 0.500. The SMILES string of the molecule is O=C(NCc1ccnc(N2CCCCCC2)c1)N1CCCN(c2ccccc2)CC1. The summed E-state index contributed by atoms with van der Waals surface area (Å²) in [5.41, 5.74) is 2.34. The number of anilines is 2. The largest absolute Gasteiger partial charge is 0.370 e. The van der Waals surface area contributed by atoms with E-state index in [1.165, 1.54) is 31.4 Å². The molecule has 0 atom stereocenters. The van der Waals surface area contributed by atoms with E-state index < -0.39 is 0 Å². The Hall–Kier alpha value is -2.76. The summed E-state index contributed by atoms with van der Waals surface area (Å²) < 4.78 is 0. The summed E-state index contributed by atoms with van der Waals surface area (Å²) in [6.07, 6.45) is 7.94. The third kappa shape index (κ3) is 5.43. The number of carbonyl (C=O) groups excluding carboxylic acids is 1. The molecule has 3 heterocycles. The van der Waals surface area contributed by atoms with Gasteiger partial charge >= 0.3 is 6.03 Å². The minimum absolute atomic E-state index is 0.0260. The van der Waals surface area contributed by atoms with Crippen LogP contribution >= 0.6 is 0 Å².